The Balaban J connectivity index is 2.21. The molecule has 156 valence electrons. The van der Waals surface area contributed by atoms with Gasteiger partial charge in [-0.3, -0.25) is 0 Å². The van der Waals surface area contributed by atoms with E-state index in [0.717, 1.165) is 9.87 Å². The van der Waals surface area contributed by atoms with E-state index in [9.17, 15) is 18.5 Å². The van der Waals surface area contributed by atoms with E-state index >= 15 is 0 Å². The van der Waals surface area contributed by atoms with Gasteiger partial charge in [0.2, 0.25) is 0 Å². The van der Waals surface area contributed by atoms with Crippen LogP contribution in [-0.4, -0.2) is 31.3 Å². The van der Waals surface area contributed by atoms with Crippen molar-refractivity contribution < 1.29 is 17.9 Å². The summed E-state index contributed by atoms with van der Waals surface area (Å²) in [5.74, 6) is -2.01. The molecule has 1 aliphatic rings. The molecule has 2 atom stereocenters. The zero-order valence-electron chi connectivity index (χ0n) is 16.4. The maximum absolute atomic E-state index is 13.4. The Morgan fingerprint density at radius 1 is 1.20 bits per heavy atom. The van der Waals surface area contributed by atoms with Crippen molar-refractivity contribution in [1.82, 2.24) is 4.31 Å². The summed E-state index contributed by atoms with van der Waals surface area (Å²) in [6.45, 7) is 3.49. The average Bonchev–Trinajstić information content (AvgIpc) is 3.02. The predicted octanol–water partition coefficient (Wildman–Crippen LogP) is 3.06. The fourth-order valence-corrected chi connectivity index (χ4v) is 5.13. The number of sulfonamides is 1. The third-order valence-corrected chi connectivity index (χ3v) is 6.91. The number of halogens is 1. The molecule has 0 aromatic heterocycles. The molecule has 9 heteroatoms. The summed E-state index contributed by atoms with van der Waals surface area (Å²) in [5.41, 5.74) is 7.52. The fraction of sp³-hybridized carbons (Fsp3) is 0.238. The minimum absolute atomic E-state index is 0.0222. The van der Waals surface area contributed by atoms with Crippen LogP contribution in [0, 0.1) is 18.3 Å². The summed E-state index contributed by atoms with van der Waals surface area (Å²) in [7, 11) is -4.24. The number of nitriles is 1. The first-order valence-corrected chi connectivity index (χ1v) is 11.0. The first-order chi connectivity index (χ1) is 14.2. The molecule has 2 N–H and O–H groups in total. The number of nitrogens with zero attached hydrogens (tertiary/aromatic N) is 2. The summed E-state index contributed by atoms with van der Waals surface area (Å²) in [5, 5.41) is 10.2. The first-order valence-electron chi connectivity index (χ1n) is 9.15. The molecule has 0 aliphatic carbocycles. The lowest BCUT2D eigenvalue weighted by atomic mass is 9.88. The zero-order valence-corrected chi connectivity index (χ0v) is 17.9. The summed E-state index contributed by atoms with van der Waals surface area (Å²) in [4.78, 5) is 12.9. The predicted molar refractivity (Wildman–Crippen MR) is 112 cm³/mol. The number of nitrogens with two attached hydrogens (primary N) is 1. The summed E-state index contributed by atoms with van der Waals surface area (Å²) >= 11 is 5.96. The summed E-state index contributed by atoms with van der Waals surface area (Å²) in [6, 6.07) is 13.2. The van der Waals surface area contributed by atoms with E-state index in [1.165, 1.54) is 12.1 Å². The van der Waals surface area contributed by atoms with Crippen LogP contribution in [0.25, 0.3) is 0 Å². The van der Waals surface area contributed by atoms with Crippen molar-refractivity contribution in [3.8, 4) is 6.07 Å². The number of ether oxygens (including phenoxy) is 1. The van der Waals surface area contributed by atoms with E-state index < -0.39 is 28.0 Å². The number of carbonyl (C=O) groups is 1. The Morgan fingerprint density at radius 2 is 1.80 bits per heavy atom. The van der Waals surface area contributed by atoms with Gasteiger partial charge in [-0.15, -0.1) is 0 Å². The third-order valence-electron chi connectivity index (χ3n) is 4.85. The highest BCUT2D eigenvalue weighted by molar-refractivity contribution is 7.89. The van der Waals surface area contributed by atoms with E-state index in [1.54, 1.807) is 43.3 Å². The molecule has 0 amide bonds. The van der Waals surface area contributed by atoms with Gasteiger partial charge in [0.15, 0.2) is 6.04 Å². The normalized spacial score (nSPS) is 18.9. The lowest BCUT2D eigenvalue weighted by Gasteiger charge is -2.28. The smallest absolute Gasteiger partial charge is 0.331 e. The SMILES string of the molecule is CCOC(=O)C1C(c2ccc(Cl)cc2)C(C#N)=C(N)N1S(=O)(=O)c1ccc(C)cc1. The second-order valence-corrected chi connectivity index (χ2v) is 9.00. The monoisotopic (exact) mass is 445 g/mol. The van der Waals surface area contributed by atoms with Gasteiger partial charge >= 0.3 is 5.97 Å². The Hall–Kier alpha value is -3.02. The maximum Gasteiger partial charge on any atom is 0.331 e. The number of hydrogen-bond acceptors (Lipinski definition) is 6. The van der Waals surface area contributed by atoms with Crippen LogP contribution in [0.1, 0.15) is 24.0 Å². The molecule has 2 aromatic carbocycles. The van der Waals surface area contributed by atoms with Crippen molar-refractivity contribution in [3.05, 3.63) is 76.1 Å². The van der Waals surface area contributed by atoms with Crippen LogP contribution in [0.4, 0.5) is 0 Å². The molecule has 0 saturated carbocycles. The molecule has 7 nitrogen and oxygen atoms in total. The topological polar surface area (TPSA) is 113 Å². The quantitative estimate of drug-likeness (QED) is 0.707. The van der Waals surface area contributed by atoms with Crippen molar-refractivity contribution in [2.45, 2.75) is 30.7 Å². The van der Waals surface area contributed by atoms with Crippen LogP contribution in [-0.2, 0) is 19.6 Å². The molecule has 0 spiro atoms. The second-order valence-electron chi connectivity index (χ2n) is 6.75. The first kappa shape index (κ1) is 21.7. The van der Waals surface area contributed by atoms with E-state index in [4.69, 9.17) is 22.1 Å². The summed E-state index contributed by atoms with van der Waals surface area (Å²) < 4.78 is 32.8. The maximum atomic E-state index is 13.4. The van der Waals surface area contributed by atoms with Gasteiger partial charge in [0.25, 0.3) is 10.0 Å². The van der Waals surface area contributed by atoms with Gasteiger partial charge in [-0.1, -0.05) is 41.4 Å². The summed E-state index contributed by atoms with van der Waals surface area (Å²) in [6.07, 6.45) is 0. The van der Waals surface area contributed by atoms with Crippen molar-refractivity contribution in [3.63, 3.8) is 0 Å². The minimum atomic E-state index is -4.24. The van der Waals surface area contributed by atoms with Crippen LogP contribution >= 0.6 is 11.6 Å². The van der Waals surface area contributed by atoms with E-state index in [1.807, 2.05) is 13.0 Å². The van der Waals surface area contributed by atoms with Gasteiger partial charge in [-0.2, -0.15) is 5.26 Å². The lowest BCUT2D eigenvalue weighted by Crippen LogP contribution is -2.45. The molecule has 3 rings (SSSR count). The zero-order chi connectivity index (χ0) is 22.1. The molecule has 30 heavy (non-hydrogen) atoms. The Labute approximate surface area is 180 Å². The van der Waals surface area contributed by atoms with Crippen molar-refractivity contribution in [2.24, 2.45) is 5.73 Å². The van der Waals surface area contributed by atoms with Gasteiger partial charge in [0.1, 0.15) is 5.82 Å². The molecule has 0 bridgehead atoms. The van der Waals surface area contributed by atoms with Crippen LogP contribution in [0.5, 0.6) is 0 Å². The molecule has 2 unspecified atom stereocenters. The standard InChI is InChI=1S/C21H20ClN3O4S/c1-3-29-21(26)19-18(14-6-8-15(22)9-7-14)17(12-23)20(24)25(19)30(27,28)16-10-4-13(2)5-11-16/h4-11,18-19H,3,24H2,1-2H3. The van der Waals surface area contributed by atoms with Crippen molar-refractivity contribution in [2.75, 3.05) is 6.61 Å². The highest BCUT2D eigenvalue weighted by atomic mass is 35.5. The molecular formula is C21H20ClN3O4S. The highest BCUT2D eigenvalue weighted by Gasteiger charge is 2.51. The van der Waals surface area contributed by atoms with Gasteiger partial charge in [0.05, 0.1) is 29.1 Å². The van der Waals surface area contributed by atoms with Crippen molar-refractivity contribution in [1.29, 1.82) is 5.26 Å². The number of aryl methyl sites for hydroxylation is 1. The number of rotatable bonds is 5. The minimum Gasteiger partial charge on any atom is -0.464 e. The van der Waals surface area contributed by atoms with Gasteiger partial charge in [-0.25, -0.2) is 17.5 Å². The molecule has 2 aromatic rings. The van der Waals surface area contributed by atoms with Gasteiger partial charge < -0.3 is 10.5 Å². The molecular weight excluding hydrogens is 426 g/mol. The largest absolute Gasteiger partial charge is 0.464 e. The van der Waals surface area contributed by atoms with Crippen LogP contribution in [0.15, 0.2) is 64.8 Å². The molecule has 1 aliphatic heterocycles. The fourth-order valence-electron chi connectivity index (χ4n) is 3.43. The van der Waals surface area contributed by atoms with Crippen LogP contribution in [0.2, 0.25) is 5.02 Å². The van der Waals surface area contributed by atoms with Crippen molar-refractivity contribution >= 4 is 27.6 Å². The number of carbonyl (C=O) groups excluding carboxylic acids is 1. The van der Waals surface area contributed by atoms with Crippen LogP contribution in [0.3, 0.4) is 0 Å². The molecule has 1 heterocycles. The van der Waals surface area contributed by atoms with Gasteiger partial charge in [-0.05, 0) is 43.7 Å². The average molecular weight is 446 g/mol. The number of benzene rings is 2. The number of esters is 1. The Morgan fingerprint density at radius 3 is 2.33 bits per heavy atom. The lowest BCUT2D eigenvalue weighted by molar-refractivity contribution is -0.147. The highest BCUT2D eigenvalue weighted by Crippen LogP contribution is 2.43. The molecule has 0 radical (unpaired) electrons. The number of hydrogen-bond donors (Lipinski definition) is 1. The Kier molecular flexibility index (Phi) is 6.06. The Bertz CT molecular complexity index is 1140. The van der Waals surface area contributed by atoms with Gasteiger partial charge in [0, 0.05) is 5.02 Å². The third kappa shape index (κ3) is 3.74. The van der Waals surface area contributed by atoms with E-state index in [2.05, 4.69) is 0 Å². The molecule has 0 saturated heterocycles. The van der Waals surface area contributed by atoms with E-state index in [-0.39, 0.29) is 22.9 Å². The molecule has 0 fully saturated rings. The van der Waals surface area contributed by atoms with Crippen LogP contribution < -0.4 is 5.73 Å². The second kappa shape index (κ2) is 8.38. The van der Waals surface area contributed by atoms with E-state index in [0.29, 0.717) is 10.6 Å².